The van der Waals surface area contributed by atoms with Gasteiger partial charge in [-0.25, -0.2) is 8.42 Å². The Kier molecular flexibility index (Phi) is 5.30. The first-order valence-corrected chi connectivity index (χ1v) is 9.73. The van der Waals surface area contributed by atoms with Gasteiger partial charge in [0, 0.05) is 21.9 Å². The van der Waals surface area contributed by atoms with E-state index in [2.05, 4.69) is 27.9 Å². The molecule has 1 amide bonds. The maximum Gasteiger partial charge on any atom is 0.256 e. The standard InChI is InChI=1S/C16H17IN2O3S/c1-11-14(5-4-6-15(11)19(2)23(3,21)22)16(20)18-13-9-7-12(17)8-10-13/h4-10H,1-3H3,(H,18,20). The zero-order valence-corrected chi connectivity index (χ0v) is 16.0. The van der Waals surface area contributed by atoms with Crippen molar-refractivity contribution in [2.45, 2.75) is 6.92 Å². The minimum atomic E-state index is -3.38. The molecule has 0 aliphatic carbocycles. The Morgan fingerprint density at radius 2 is 1.74 bits per heavy atom. The van der Waals surface area contributed by atoms with Crippen molar-refractivity contribution < 1.29 is 13.2 Å². The van der Waals surface area contributed by atoms with Crippen LogP contribution in [0.15, 0.2) is 42.5 Å². The van der Waals surface area contributed by atoms with Crippen LogP contribution in [0, 0.1) is 10.5 Å². The molecule has 0 bridgehead atoms. The average Bonchev–Trinajstić information content (AvgIpc) is 2.48. The summed E-state index contributed by atoms with van der Waals surface area (Å²) < 4.78 is 25.7. The molecule has 0 saturated heterocycles. The molecule has 2 rings (SSSR count). The summed E-state index contributed by atoms with van der Waals surface area (Å²) in [5.41, 5.74) is 2.24. The van der Waals surface area contributed by atoms with Crippen LogP contribution in [-0.2, 0) is 10.0 Å². The molecule has 23 heavy (non-hydrogen) atoms. The number of anilines is 2. The topological polar surface area (TPSA) is 66.5 Å². The van der Waals surface area contributed by atoms with Gasteiger partial charge in [0.1, 0.15) is 0 Å². The summed E-state index contributed by atoms with van der Waals surface area (Å²) >= 11 is 2.19. The number of nitrogens with zero attached hydrogens (tertiary/aromatic N) is 1. The normalized spacial score (nSPS) is 11.1. The summed E-state index contributed by atoms with van der Waals surface area (Å²) in [6.07, 6.45) is 1.13. The van der Waals surface area contributed by atoms with Crippen molar-refractivity contribution >= 4 is 49.9 Å². The molecule has 0 saturated carbocycles. The molecule has 0 aliphatic rings. The van der Waals surface area contributed by atoms with Crippen LogP contribution in [0.3, 0.4) is 0 Å². The summed E-state index contributed by atoms with van der Waals surface area (Å²) in [6, 6.07) is 12.5. The first-order chi connectivity index (χ1) is 10.7. The number of halogens is 1. The van der Waals surface area contributed by atoms with E-state index in [0.29, 0.717) is 22.5 Å². The minimum Gasteiger partial charge on any atom is -0.322 e. The van der Waals surface area contributed by atoms with Crippen molar-refractivity contribution in [1.82, 2.24) is 0 Å². The van der Waals surface area contributed by atoms with Crippen LogP contribution < -0.4 is 9.62 Å². The number of nitrogens with one attached hydrogen (secondary N) is 1. The zero-order chi connectivity index (χ0) is 17.2. The Hall–Kier alpha value is -1.61. The van der Waals surface area contributed by atoms with Gasteiger partial charge in [0.2, 0.25) is 10.0 Å². The van der Waals surface area contributed by atoms with Crippen LogP contribution in [0.1, 0.15) is 15.9 Å². The fourth-order valence-corrected chi connectivity index (χ4v) is 3.04. The first-order valence-electron chi connectivity index (χ1n) is 6.80. The van der Waals surface area contributed by atoms with Gasteiger partial charge in [-0.2, -0.15) is 0 Å². The molecule has 0 heterocycles. The van der Waals surface area contributed by atoms with Gasteiger partial charge in [-0.1, -0.05) is 6.07 Å². The highest BCUT2D eigenvalue weighted by Crippen LogP contribution is 2.25. The van der Waals surface area contributed by atoms with Crippen molar-refractivity contribution in [3.05, 3.63) is 57.2 Å². The molecule has 122 valence electrons. The highest BCUT2D eigenvalue weighted by Gasteiger charge is 2.18. The summed E-state index contributed by atoms with van der Waals surface area (Å²) in [7, 11) is -1.91. The second kappa shape index (κ2) is 6.88. The second-order valence-electron chi connectivity index (χ2n) is 5.14. The van der Waals surface area contributed by atoms with Gasteiger partial charge in [-0.05, 0) is 71.5 Å². The van der Waals surface area contributed by atoms with E-state index in [1.54, 1.807) is 25.1 Å². The molecule has 2 aromatic carbocycles. The number of rotatable bonds is 4. The summed E-state index contributed by atoms with van der Waals surface area (Å²) in [6.45, 7) is 1.74. The Balaban J connectivity index is 2.33. The third-order valence-corrected chi connectivity index (χ3v) is 5.40. The van der Waals surface area contributed by atoms with E-state index in [1.807, 2.05) is 24.3 Å². The molecule has 0 aromatic heterocycles. The van der Waals surface area contributed by atoms with Gasteiger partial charge in [-0.3, -0.25) is 9.10 Å². The number of amides is 1. The van der Waals surface area contributed by atoms with Crippen molar-refractivity contribution in [1.29, 1.82) is 0 Å². The van der Waals surface area contributed by atoms with E-state index in [1.165, 1.54) is 11.4 Å². The van der Waals surface area contributed by atoms with Gasteiger partial charge in [0.25, 0.3) is 5.91 Å². The lowest BCUT2D eigenvalue weighted by atomic mass is 10.1. The number of hydrogen-bond acceptors (Lipinski definition) is 3. The molecule has 5 nitrogen and oxygen atoms in total. The maximum absolute atomic E-state index is 12.5. The third kappa shape index (κ3) is 4.23. The van der Waals surface area contributed by atoms with E-state index in [9.17, 15) is 13.2 Å². The van der Waals surface area contributed by atoms with E-state index in [0.717, 1.165) is 9.83 Å². The van der Waals surface area contributed by atoms with Crippen LogP contribution in [0.4, 0.5) is 11.4 Å². The lowest BCUT2D eigenvalue weighted by Gasteiger charge is -2.20. The maximum atomic E-state index is 12.5. The SMILES string of the molecule is Cc1c(C(=O)Nc2ccc(I)cc2)cccc1N(C)S(C)(=O)=O. The van der Waals surface area contributed by atoms with Gasteiger partial charge in [0.15, 0.2) is 0 Å². The predicted octanol–water partition coefficient (Wildman–Crippen LogP) is 3.25. The van der Waals surface area contributed by atoms with Gasteiger partial charge < -0.3 is 5.32 Å². The van der Waals surface area contributed by atoms with Gasteiger partial charge >= 0.3 is 0 Å². The lowest BCUT2D eigenvalue weighted by molar-refractivity contribution is 0.102. The quantitative estimate of drug-likeness (QED) is 0.737. The van der Waals surface area contributed by atoms with Crippen molar-refractivity contribution in [3.8, 4) is 0 Å². The number of carbonyl (C=O) groups excluding carboxylic acids is 1. The summed E-state index contributed by atoms with van der Waals surface area (Å²) in [4.78, 5) is 12.5. The molecule has 1 N–H and O–H groups in total. The van der Waals surface area contributed by atoms with Crippen LogP contribution >= 0.6 is 22.6 Å². The van der Waals surface area contributed by atoms with E-state index >= 15 is 0 Å². The van der Waals surface area contributed by atoms with E-state index in [-0.39, 0.29) is 5.91 Å². The number of carbonyl (C=O) groups is 1. The van der Waals surface area contributed by atoms with Crippen LogP contribution in [0.5, 0.6) is 0 Å². The lowest BCUT2D eigenvalue weighted by Crippen LogP contribution is -2.26. The van der Waals surface area contributed by atoms with Gasteiger partial charge in [-0.15, -0.1) is 0 Å². The molecule has 0 unspecified atom stereocenters. The van der Waals surface area contributed by atoms with Crippen molar-refractivity contribution in [2.24, 2.45) is 0 Å². The third-order valence-electron chi connectivity index (χ3n) is 3.49. The monoisotopic (exact) mass is 444 g/mol. The van der Waals surface area contributed by atoms with Crippen LogP contribution in [0.25, 0.3) is 0 Å². The Morgan fingerprint density at radius 3 is 2.30 bits per heavy atom. The summed E-state index contributed by atoms with van der Waals surface area (Å²) in [5, 5.41) is 2.82. The molecular weight excluding hydrogens is 427 g/mol. The molecule has 0 spiro atoms. The van der Waals surface area contributed by atoms with Crippen molar-refractivity contribution in [3.63, 3.8) is 0 Å². The van der Waals surface area contributed by atoms with Crippen molar-refractivity contribution in [2.75, 3.05) is 22.9 Å². The molecule has 2 aromatic rings. The molecule has 0 atom stereocenters. The number of benzene rings is 2. The smallest absolute Gasteiger partial charge is 0.256 e. The van der Waals surface area contributed by atoms with Crippen LogP contribution in [0.2, 0.25) is 0 Å². The zero-order valence-electron chi connectivity index (χ0n) is 13.0. The largest absolute Gasteiger partial charge is 0.322 e. The fourth-order valence-electron chi connectivity index (χ4n) is 2.12. The van der Waals surface area contributed by atoms with Crippen LogP contribution in [-0.4, -0.2) is 27.6 Å². The molecule has 0 aliphatic heterocycles. The summed E-state index contributed by atoms with van der Waals surface area (Å²) in [5.74, 6) is -0.271. The predicted molar refractivity (Wildman–Crippen MR) is 102 cm³/mol. The van der Waals surface area contributed by atoms with E-state index < -0.39 is 10.0 Å². The molecule has 0 radical (unpaired) electrons. The molecular formula is C16H17IN2O3S. The average molecular weight is 444 g/mol. The highest BCUT2D eigenvalue weighted by molar-refractivity contribution is 14.1. The number of sulfonamides is 1. The van der Waals surface area contributed by atoms with E-state index in [4.69, 9.17) is 0 Å². The second-order valence-corrected chi connectivity index (χ2v) is 8.40. The highest BCUT2D eigenvalue weighted by atomic mass is 127. The Morgan fingerprint density at radius 1 is 1.13 bits per heavy atom. The Bertz CT molecular complexity index is 833. The first kappa shape index (κ1) is 17.7. The minimum absolute atomic E-state index is 0.271. The molecule has 7 heteroatoms. The fraction of sp³-hybridized carbons (Fsp3) is 0.188. The number of hydrogen-bond donors (Lipinski definition) is 1. The molecule has 0 fully saturated rings. The Labute approximate surface area is 149 Å². The van der Waals surface area contributed by atoms with Gasteiger partial charge in [0.05, 0.1) is 11.9 Å².